The van der Waals surface area contributed by atoms with Crippen molar-refractivity contribution in [3.05, 3.63) is 70.2 Å². The van der Waals surface area contributed by atoms with Gasteiger partial charge in [0, 0.05) is 12.8 Å². The summed E-state index contributed by atoms with van der Waals surface area (Å²) in [5, 5.41) is 9.94. The molecule has 0 radical (unpaired) electrons. The third-order valence-electron chi connectivity index (χ3n) is 2.90. The molecular weight excluding hydrogens is 270 g/mol. The molecule has 0 aliphatic carbocycles. The van der Waals surface area contributed by atoms with E-state index in [1.54, 1.807) is 30.3 Å². The number of aliphatic hydroxyl groups excluding tert-OH is 1. The van der Waals surface area contributed by atoms with Crippen molar-refractivity contribution in [3.63, 3.8) is 0 Å². The standard InChI is InChI=1S/C15H13ClF2O/c16-13-6-3-5-11(15(13)18)9-12(19)8-10-4-1-2-7-14(10)17/h1-7,12,19H,8-9H2. The molecule has 0 saturated heterocycles. The van der Waals surface area contributed by atoms with E-state index in [1.807, 2.05) is 0 Å². The average Bonchev–Trinajstić information content (AvgIpc) is 2.38. The molecule has 0 aliphatic heterocycles. The van der Waals surface area contributed by atoms with Crippen molar-refractivity contribution < 1.29 is 13.9 Å². The van der Waals surface area contributed by atoms with Gasteiger partial charge in [-0.1, -0.05) is 41.9 Å². The van der Waals surface area contributed by atoms with Gasteiger partial charge in [-0.3, -0.25) is 0 Å². The maximum Gasteiger partial charge on any atom is 0.145 e. The third kappa shape index (κ3) is 3.52. The van der Waals surface area contributed by atoms with Crippen LogP contribution in [0.3, 0.4) is 0 Å². The first-order chi connectivity index (χ1) is 9.08. The van der Waals surface area contributed by atoms with E-state index in [0.29, 0.717) is 11.1 Å². The SMILES string of the molecule is OC(Cc1ccccc1F)Cc1cccc(Cl)c1F. The molecule has 100 valence electrons. The Morgan fingerprint density at radius 1 is 0.947 bits per heavy atom. The molecule has 0 aliphatic rings. The topological polar surface area (TPSA) is 20.2 Å². The van der Waals surface area contributed by atoms with Gasteiger partial charge in [0.25, 0.3) is 0 Å². The molecule has 0 heterocycles. The summed E-state index contributed by atoms with van der Waals surface area (Å²) in [6.45, 7) is 0. The van der Waals surface area contributed by atoms with E-state index in [1.165, 1.54) is 12.1 Å². The third-order valence-corrected chi connectivity index (χ3v) is 3.19. The Morgan fingerprint density at radius 3 is 2.32 bits per heavy atom. The molecule has 2 rings (SSSR count). The first-order valence-electron chi connectivity index (χ1n) is 5.92. The molecule has 0 aromatic heterocycles. The minimum absolute atomic E-state index is 0.0237. The van der Waals surface area contributed by atoms with E-state index < -0.39 is 11.9 Å². The van der Waals surface area contributed by atoms with Gasteiger partial charge in [-0.05, 0) is 23.3 Å². The summed E-state index contributed by atoms with van der Waals surface area (Å²) >= 11 is 5.67. The van der Waals surface area contributed by atoms with E-state index in [0.717, 1.165) is 0 Å². The molecule has 2 aromatic rings. The van der Waals surface area contributed by atoms with E-state index >= 15 is 0 Å². The van der Waals surface area contributed by atoms with Gasteiger partial charge in [0.05, 0.1) is 11.1 Å². The lowest BCUT2D eigenvalue weighted by Crippen LogP contribution is -2.15. The minimum Gasteiger partial charge on any atom is -0.392 e. The van der Waals surface area contributed by atoms with E-state index in [9.17, 15) is 13.9 Å². The predicted molar refractivity (Wildman–Crippen MR) is 71.2 cm³/mol. The summed E-state index contributed by atoms with van der Waals surface area (Å²) in [7, 11) is 0. The number of rotatable bonds is 4. The second-order valence-electron chi connectivity index (χ2n) is 4.37. The average molecular weight is 283 g/mol. The lowest BCUT2D eigenvalue weighted by atomic mass is 10.0. The number of benzene rings is 2. The number of aliphatic hydroxyl groups is 1. The Labute approximate surface area is 115 Å². The molecule has 1 nitrogen and oxygen atoms in total. The normalized spacial score (nSPS) is 12.4. The lowest BCUT2D eigenvalue weighted by Gasteiger charge is -2.12. The second-order valence-corrected chi connectivity index (χ2v) is 4.77. The molecule has 0 saturated carbocycles. The molecular formula is C15H13ClF2O. The van der Waals surface area contributed by atoms with Gasteiger partial charge in [-0.15, -0.1) is 0 Å². The number of hydrogen-bond donors (Lipinski definition) is 1. The van der Waals surface area contributed by atoms with Crippen LogP contribution < -0.4 is 0 Å². The summed E-state index contributed by atoms with van der Waals surface area (Å²) in [5.74, 6) is -0.898. The largest absolute Gasteiger partial charge is 0.392 e. The summed E-state index contributed by atoms with van der Waals surface area (Å²) in [6.07, 6.45) is -0.621. The van der Waals surface area contributed by atoms with Crippen LogP contribution in [0.5, 0.6) is 0 Å². The van der Waals surface area contributed by atoms with Crippen molar-refractivity contribution in [3.8, 4) is 0 Å². The molecule has 1 N–H and O–H groups in total. The Bertz CT molecular complexity index is 572. The highest BCUT2D eigenvalue weighted by atomic mass is 35.5. The van der Waals surface area contributed by atoms with Crippen LogP contribution in [-0.4, -0.2) is 11.2 Å². The monoisotopic (exact) mass is 282 g/mol. The fourth-order valence-electron chi connectivity index (χ4n) is 1.95. The summed E-state index contributed by atoms with van der Waals surface area (Å²) in [4.78, 5) is 0. The van der Waals surface area contributed by atoms with Gasteiger partial charge < -0.3 is 5.11 Å². The van der Waals surface area contributed by atoms with Gasteiger partial charge in [0.15, 0.2) is 0 Å². The van der Waals surface area contributed by atoms with Crippen LogP contribution in [0.4, 0.5) is 8.78 Å². The van der Waals surface area contributed by atoms with Crippen molar-refractivity contribution in [1.29, 1.82) is 0 Å². The van der Waals surface area contributed by atoms with Crippen molar-refractivity contribution in [2.75, 3.05) is 0 Å². The van der Waals surface area contributed by atoms with E-state index in [4.69, 9.17) is 11.6 Å². The zero-order valence-corrected chi connectivity index (χ0v) is 10.9. The van der Waals surface area contributed by atoms with Gasteiger partial charge in [0.1, 0.15) is 11.6 Å². The first-order valence-corrected chi connectivity index (χ1v) is 6.30. The van der Waals surface area contributed by atoms with Crippen LogP contribution in [0.25, 0.3) is 0 Å². The molecule has 0 amide bonds. The second kappa shape index (κ2) is 6.13. The van der Waals surface area contributed by atoms with Crippen LogP contribution in [0.2, 0.25) is 5.02 Å². The smallest absolute Gasteiger partial charge is 0.145 e. The number of hydrogen-bond acceptors (Lipinski definition) is 1. The highest BCUT2D eigenvalue weighted by Gasteiger charge is 2.13. The Morgan fingerprint density at radius 2 is 1.58 bits per heavy atom. The highest BCUT2D eigenvalue weighted by Crippen LogP contribution is 2.20. The quantitative estimate of drug-likeness (QED) is 0.905. The van der Waals surface area contributed by atoms with Crippen molar-refractivity contribution >= 4 is 11.6 Å². The predicted octanol–water partition coefficient (Wildman–Crippen LogP) is 3.76. The molecule has 1 unspecified atom stereocenters. The van der Waals surface area contributed by atoms with Gasteiger partial charge in [-0.25, -0.2) is 8.78 Å². The van der Waals surface area contributed by atoms with Crippen LogP contribution in [0, 0.1) is 11.6 Å². The van der Waals surface area contributed by atoms with E-state index in [-0.39, 0.29) is 23.7 Å². The lowest BCUT2D eigenvalue weighted by molar-refractivity contribution is 0.173. The molecule has 2 aromatic carbocycles. The fourth-order valence-corrected chi connectivity index (χ4v) is 2.14. The van der Waals surface area contributed by atoms with Crippen molar-refractivity contribution in [2.24, 2.45) is 0 Å². The van der Waals surface area contributed by atoms with Crippen LogP contribution >= 0.6 is 11.6 Å². The maximum absolute atomic E-state index is 13.7. The van der Waals surface area contributed by atoms with Gasteiger partial charge >= 0.3 is 0 Å². The molecule has 1 atom stereocenters. The molecule has 0 bridgehead atoms. The molecule has 0 fully saturated rings. The van der Waals surface area contributed by atoms with E-state index in [2.05, 4.69) is 0 Å². The fraction of sp³-hybridized carbons (Fsp3) is 0.200. The summed E-state index contributed by atoms with van der Waals surface area (Å²) in [5.41, 5.74) is 0.744. The highest BCUT2D eigenvalue weighted by molar-refractivity contribution is 6.30. The van der Waals surface area contributed by atoms with Gasteiger partial charge in [0.2, 0.25) is 0 Å². The summed E-state index contributed by atoms with van der Waals surface area (Å²) in [6, 6.07) is 10.9. The Kier molecular flexibility index (Phi) is 4.51. The molecule has 4 heteroatoms. The summed E-state index contributed by atoms with van der Waals surface area (Å²) < 4.78 is 27.1. The van der Waals surface area contributed by atoms with Crippen LogP contribution in [0.1, 0.15) is 11.1 Å². The Balaban J connectivity index is 2.08. The van der Waals surface area contributed by atoms with Crippen molar-refractivity contribution in [1.82, 2.24) is 0 Å². The van der Waals surface area contributed by atoms with Gasteiger partial charge in [-0.2, -0.15) is 0 Å². The maximum atomic E-state index is 13.7. The van der Waals surface area contributed by atoms with Crippen molar-refractivity contribution in [2.45, 2.75) is 18.9 Å². The first kappa shape index (κ1) is 14.0. The minimum atomic E-state index is -0.857. The van der Waals surface area contributed by atoms with Crippen LogP contribution in [0.15, 0.2) is 42.5 Å². The number of halogens is 3. The molecule has 19 heavy (non-hydrogen) atoms. The zero-order valence-electron chi connectivity index (χ0n) is 10.1. The molecule has 0 spiro atoms. The van der Waals surface area contributed by atoms with Crippen LogP contribution in [-0.2, 0) is 12.8 Å². The Hall–Kier alpha value is -1.45. The zero-order chi connectivity index (χ0) is 13.8.